The summed E-state index contributed by atoms with van der Waals surface area (Å²) in [5.41, 5.74) is 2.03. The predicted octanol–water partition coefficient (Wildman–Crippen LogP) is 2.70. The van der Waals surface area contributed by atoms with Gasteiger partial charge in [0.05, 0.1) is 5.69 Å². The number of aryl methyl sites for hydroxylation is 1. The molecule has 0 unspecified atom stereocenters. The molecule has 0 atom stereocenters. The number of nitrogens with zero attached hydrogens (tertiary/aromatic N) is 1. The molecule has 1 heterocycles. The van der Waals surface area contributed by atoms with E-state index < -0.39 is 0 Å². The van der Waals surface area contributed by atoms with Gasteiger partial charge in [-0.3, -0.25) is 0 Å². The molecule has 0 bridgehead atoms. The quantitative estimate of drug-likeness (QED) is 0.696. The van der Waals surface area contributed by atoms with Gasteiger partial charge < -0.3 is 4.42 Å². The average Bonchev–Trinajstić information content (AvgIpc) is 2.67. The maximum Gasteiger partial charge on any atom is 0.284 e. The summed E-state index contributed by atoms with van der Waals surface area (Å²) in [6, 6.07) is 9.96. The molecule has 1 aromatic heterocycles. The van der Waals surface area contributed by atoms with Gasteiger partial charge in [0.25, 0.3) is 6.39 Å². The number of aromatic nitrogens is 1. The summed E-state index contributed by atoms with van der Waals surface area (Å²) in [4.78, 5) is 4.02. The maximum absolute atomic E-state index is 5.21. The van der Waals surface area contributed by atoms with E-state index in [9.17, 15) is 0 Å². The van der Waals surface area contributed by atoms with Gasteiger partial charge in [0.2, 0.25) is 0 Å². The predicted molar refractivity (Wildman–Crippen MR) is 50.2 cm³/mol. The van der Waals surface area contributed by atoms with Crippen LogP contribution >= 0.6 is 0 Å². The Kier molecular flexibility index (Phi) is 2.13. The van der Waals surface area contributed by atoms with E-state index in [0.717, 1.165) is 23.4 Å². The van der Waals surface area contributed by atoms with Gasteiger partial charge in [0, 0.05) is 5.56 Å². The van der Waals surface area contributed by atoms with Crippen molar-refractivity contribution >= 4 is 0 Å². The lowest BCUT2D eigenvalue weighted by atomic mass is 10.1. The van der Waals surface area contributed by atoms with Crippen LogP contribution in [0, 0.1) is 6.39 Å². The lowest BCUT2D eigenvalue weighted by Crippen LogP contribution is -1.83. The van der Waals surface area contributed by atoms with Crippen molar-refractivity contribution in [3.63, 3.8) is 0 Å². The van der Waals surface area contributed by atoms with Gasteiger partial charge in [0.15, 0.2) is 5.76 Å². The zero-order chi connectivity index (χ0) is 9.10. The second-order valence-electron chi connectivity index (χ2n) is 2.80. The van der Waals surface area contributed by atoms with E-state index in [4.69, 9.17) is 4.42 Å². The molecule has 0 saturated heterocycles. The summed E-state index contributed by atoms with van der Waals surface area (Å²) in [6.07, 6.45) is 3.40. The number of oxazole rings is 1. The largest absolute Gasteiger partial charge is 0.432 e. The van der Waals surface area contributed by atoms with Crippen molar-refractivity contribution in [2.75, 3.05) is 0 Å². The monoisotopic (exact) mass is 172 g/mol. The summed E-state index contributed by atoms with van der Waals surface area (Å²) < 4.78 is 5.21. The Balaban J connectivity index is 2.47. The first-order valence-corrected chi connectivity index (χ1v) is 4.33. The molecule has 0 aliphatic heterocycles. The molecule has 2 nitrogen and oxygen atoms in total. The van der Waals surface area contributed by atoms with E-state index in [0.29, 0.717) is 0 Å². The standard InChI is InChI=1S/C11H10NO/c1-2-10-11(13-8-12-10)9-6-4-3-5-7-9/h3-7H,2H2,1H3. The summed E-state index contributed by atoms with van der Waals surface area (Å²) in [7, 11) is 0. The highest BCUT2D eigenvalue weighted by atomic mass is 16.3. The minimum absolute atomic E-state index is 0.836. The Bertz CT molecular complexity index is 378. The number of benzene rings is 1. The van der Waals surface area contributed by atoms with Crippen molar-refractivity contribution in [3.8, 4) is 11.3 Å². The van der Waals surface area contributed by atoms with Crippen LogP contribution in [0.5, 0.6) is 0 Å². The van der Waals surface area contributed by atoms with Crippen LogP contribution in [0.3, 0.4) is 0 Å². The zero-order valence-electron chi connectivity index (χ0n) is 7.45. The van der Waals surface area contributed by atoms with Crippen LogP contribution in [-0.2, 0) is 6.42 Å². The normalized spacial score (nSPS) is 10.2. The number of hydrogen-bond donors (Lipinski definition) is 0. The fraction of sp³-hybridized carbons (Fsp3) is 0.182. The van der Waals surface area contributed by atoms with E-state index in [1.54, 1.807) is 0 Å². The third-order valence-corrected chi connectivity index (χ3v) is 1.96. The molecule has 0 aliphatic rings. The van der Waals surface area contributed by atoms with E-state index in [1.165, 1.54) is 0 Å². The van der Waals surface area contributed by atoms with Gasteiger partial charge in [-0.25, -0.2) is 4.98 Å². The first kappa shape index (κ1) is 8.05. The maximum atomic E-state index is 5.21. The molecule has 1 aromatic carbocycles. The molecule has 65 valence electrons. The van der Waals surface area contributed by atoms with Crippen molar-refractivity contribution in [1.82, 2.24) is 4.98 Å². The van der Waals surface area contributed by atoms with Crippen LogP contribution in [0.2, 0.25) is 0 Å². The second-order valence-corrected chi connectivity index (χ2v) is 2.80. The van der Waals surface area contributed by atoms with Crippen LogP contribution in [-0.4, -0.2) is 4.98 Å². The molecule has 0 aliphatic carbocycles. The molecule has 2 aromatic rings. The van der Waals surface area contributed by atoms with Crippen molar-refractivity contribution in [2.24, 2.45) is 0 Å². The minimum Gasteiger partial charge on any atom is -0.432 e. The highest BCUT2D eigenvalue weighted by Crippen LogP contribution is 2.22. The number of rotatable bonds is 2. The van der Waals surface area contributed by atoms with Crippen molar-refractivity contribution in [2.45, 2.75) is 13.3 Å². The van der Waals surface area contributed by atoms with E-state index in [1.807, 2.05) is 30.3 Å². The van der Waals surface area contributed by atoms with Crippen LogP contribution in [0.15, 0.2) is 34.7 Å². The SMILES string of the molecule is CCc1n[c]oc1-c1ccccc1. The Morgan fingerprint density at radius 2 is 2.08 bits per heavy atom. The molecular weight excluding hydrogens is 162 g/mol. The van der Waals surface area contributed by atoms with Gasteiger partial charge >= 0.3 is 0 Å². The smallest absolute Gasteiger partial charge is 0.284 e. The Morgan fingerprint density at radius 1 is 1.31 bits per heavy atom. The molecule has 0 spiro atoms. The van der Waals surface area contributed by atoms with Gasteiger partial charge in [0.1, 0.15) is 0 Å². The van der Waals surface area contributed by atoms with Crippen molar-refractivity contribution < 1.29 is 4.42 Å². The third kappa shape index (κ3) is 1.47. The van der Waals surface area contributed by atoms with Crippen molar-refractivity contribution in [3.05, 3.63) is 42.4 Å². The topological polar surface area (TPSA) is 26.0 Å². The highest BCUT2D eigenvalue weighted by molar-refractivity contribution is 5.59. The molecule has 0 fully saturated rings. The second kappa shape index (κ2) is 3.44. The van der Waals surface area contributed by atoms with Gasteiger partial charge in [-0.05, 0) is 6.42 Å². The summed E-state index contributed by atoms with van der Waals surface area (Å²) in [5, 5.41) is 0. The van der Waals surface area contributed by atoms with E-state index >= 15 is 0 Å². The fourth-order valence-corrected chi connectivity index (χ4v) is 1.29. The first-order valence-electron chi connectivity index (χ1n) is 4.33. The Hall–Kier alpha value is -1.57. The first-order chi connectivity index (χ1) is 6.42. The van der Waals surface area contributed by atoms with Crippen molar-refractivity contribution in [1.29, 1.82) is 0 Å². The Labute approximate surface area is 77.2 Å². The molecule has 2 rings (SSSR count). The van der Waals surface area contributed by atoms with Gasteiger partial charge in [-0.1, -0.05) is 37.3 Å². The van der Waals surface area contributed by atoms with Crippen LogP contribution in [0.25, 0.3) is 11.3 Å². The molecular formula is C11H10NO. The number of hydrogen-bond acceptors (Lipinski definition) is 2. The molecule has 0 N–H and O–H groups in total. The minimum atomic E-state index is 0.836. The molecule has 0 amide bonds. The van der Waals surface area contributed by atoms with Crippen LogP contribution in [0.1, 0.15) is 12.6 Å². The van der Waals surface area contributed by atoms with E-state index in [2.05, 4.69) is 18.3 Å². The molecule has 0 saturated carbocycles. The zero-order valence-corrected chi connectivity index (χ0v) is 7.45. The third-order valence-electron chi connectivity index (χ3n) is 1.96. The summed E-state index contributed by atoms with van der Waals surface area (Å²) in [5.74, 6) is 0.836. The lowest BCUT2D eigenvalue weighted by molar-refractivity contribution is 0.561. The van der Waals surface area contributed by atoms with E-state index in [-0.39, 0.29) is 0 Å². The lowest BCUT2D eigenvalue weighted by Gasteiger charge is -1.96. The molecule has 2 heteroatoms. The van der Waals surface area contributed by atoms with Gasteiger partial charge in [-0.2, -0.15) is 0 Å². The summed E-state index contributed by atoms with van der Waals surface area (Å²) >= 11 is 0. The molecule has 1 radical (unpaired) electrons. The van der Waals surface area contributed by atoms with Crippen LogP contribution < -0.4 is 0 Å². The molecule has 13 heavy (non-hydrogen) atoms. The fourth-order valence-electron chi connectivity index (χ4n) is 1.29. The Morgan fingerprint density at radius 3 is 2.77 bits per heavy atom. The average molecular weight is 172 g/mol. The van der Waals surface area contributed by atoms with Gasteiger partial charge in [-0.15, -0.1) is 0 Å². The highest BCUT2D eigenvalue weighted by Gasteiger charge is 2.07. The van der Waals surface area contributed by atoms with Crippen LogP contribution in [0.4, 0.5) is 0 Å². The summed E-state index contributed by atoms with van der Waals surface area (Å²) in [6.45, 7) is 2.05.